The van der Waals surface area contributed by atoms with Crippen LogP contribution in [0, 0.1) is 5.82 Å². The lowest BCUT2D eigenvalue weighted by atomic mass is 10.1. The molecule has 0 aliphatic heterocycles. The van der Waals surface area contributed by atoms with Crippen LogP contribution in [0.15, 0.2) is 18.2 Å². The van der Waals surface area contributed by atoms with Gasteiger partial charge in [0.2, 0.25) is 0 Å². The molecule has 0 saturated carbocycles. The Kier molecular flexibility index (Phi) is 6.21. The highest BCUT2D eigenvalue weighted by atomic mass is 19.1. The number of nitrogens with two attached hydrogens (primary N) is 1. The maximum atomic E-state index is 13.3. The van der Waals surface area contributed by atoms with E-state index in [4.69, 9.17) is 10.5 Å². The van der Waals surface area contributed by atoms with Gasteiger partial charge in [-0.1, -0.05) is 12.1 Å². The van der Waals surface area contributed by atoms with Gasteiger partial charge in [0, 0.05) is 32.3 Å². The molecule has 4 nitrogen and oxygen atoms in total. The van der Waals surface area contributed by atoms with Gasteiger partial charge in [0.05, 0.1) is 12.7 Å². The molecule has 102 valence electrons. The van der Waals surface area contributed by atoms with E-state index in [2.05, 4.69) is 0 Å². The van der Waals surface area contributed by atoms with Crippen LogP contribution < -0.4 is 5.73 Å². The van der Waals surface area contributed by atoms with Gasteiger partial charge in [0.15, 0.2) is 0 Å². The summed E-state index contributed by atoms with van der Waals surface area (Å²) in [4.78, 5) is 1.96. The van der Waals surface area contributed by atoms with Crippen molar-refractivity contribution in [1.82, 2.24) is 4.90 Å². The molecule has 0 fully saturated rings. The summed E-state index contributed by atoms with van der Waals surface area (Å²) >= 11 is 0. The lowest BCUT2D eigenvalue weighted by Crippen LogP contribution is -2.31. The molecule has 0 aliphatic carbocycles. The fraction of sp³-hybridized carbons (Fsp3) is 0.538. The van der Waals surface area contributed by atoms with Gasteiger partial charge in [-0.3, -0.25) is 4.90 Å². The summed E-state index contributed by atoms with van der Waals surface area (Å²) in [7, 11) is 3.45. The molecular formula is C13H21FN2O2. The molecule has 0 aromatic heterocycles. The predicted octanol–water partition coefficient (Wildman–Crippen LogP) is 0.723. The van der Waals surface area contributed by atoms with Gasteiger partial charge < -0.3 is 15.6 Å². The zero-order valence-corrected chi connectivity index (χ0v) is 10.9. The molecule has 0 radical (unpaired) electrons. The molecule has 1 aromatic rings. The van der Waals surface area contributed by atoms with Crippen molar-refractivity contribution in [2.45, 2.75) is 19.2 Å². The number of likely N-dealkylation sites (N-methyl/N-ethyl adjacent to an activating group) is 1. The molecule has 0 aliphatic rings. The van der Waals surface area contributed by atoms with Crippen molar-refractivity contribution in [2.75, 3.05) is 27.3 Å². The summed E-state index contributed by atoms with van der Waals surface area (Å²) in [5.41, 5.74) is 6.95. The van der Waals surface area contributed by atoms with E-state index in [1.54, 1.807) is 19.2 Å². The van der Waals surface area contributed by atoms with Gasteiger partial charge in [-0.25, -0.2) is 4.39 Å². The van der Waals surface area contributed by atoms with Crippen molar-refractivity contribution < 1.29 is 14.2 Å². The Labute approximate surface area is 107 Å². The van der Waals surface area contributed by atoms with Crippen LogP contribution in [0.2, 0.25) is 0 Å². The second-order valence-electron chi connectivity index (χ2n) is 4.44. The van der Waals surface area contributed by atoms with E-state index < -0.39 is 6.10 Å². The first-order valence-electron chi connectivity index (χ1n) is 5.89. The number of benzene rings is 1. The number of aliphatic hydroxyl groups excluding tert-OH is 1. The normalized spacial score (nSPS) is 13.0. The first-order valence-corrected chi connectivity index (χ1v) is 5.89. The van der Waals surface area contributed by atoms with Gasteiger partial charge in [0.1, 0.15) is 5.82 Å². The summed E-state index contributed by atoms with van der Waals surface area (Å²) < 4.78 is 18.1. The van der Waals surface area contributed by atoms with Crippen LogP contribution in [0.1, 0.15) is 11.1 Å². The fourth-order valence-electron chi connectivity index (χ4n) is 1.86. The van der Waals surface area contributed by atoms with Gasteiger partial charge in [-0.2, -0.15) is 0 Å². The van der Waals surface area contributed by atoms with Crippen LogP contribution >= 0.6 is 0 Å². The van der Waals surface area contributed by atoms with Crippen LogP contribution in [-0.2, 0) is 17.8 Å². The zero-order valence-electron chi connectivity index (χ0n) is 10.9. The van der Waals surface area contributed by atoms with Crippen LogP contribution in [0.4, 0.5) is 4.39 Å². The molecule has 0 spiro atoms. The molecular weight excluding hydrogens is 235 g/mol. The van der Waals surface area contributed by atoms with E-state index in [1.807, 2.05) is 11.9 Å². The number of aliphatic hydroxyl groups is 1. The Hall–Kier alpha value is -1.01. The second kappa shape index (κ2) is 7.43. The standard InChI is InChI=1S/C13H21FN2O2/c1-16(8-12(17)9-18-2)7-10-3-4-13(14)11(5-10)6-15/h3-5,12,17H,6-9,15H2,1-2H3. The van der Waals surface area contributed by atoms with Crippen LogP contribution in [0.5, 0.6) is 0 Å². The SMILES string of the molecule is COCC(O)CN(C)Cc1ccc(F)c(CN)c1. The molecule has 5 heteroatoms. The number of methoxy groups -OCH3 is 1. The minimum absolute atomic E-state index is 0.190. The number of ether oxygens (including phenoxy) is 1. The van der Waals surface area contributed by atoms with Gasteiger partial charge in [-0.15, -0.1) is 0 Å². The summed E-state index contributed by atoms with van der Waals surface area (Å²) in [6, 6.07) is 4.92. The Balaban J connectivity index is 2.56. The average molecular weight is 256 g/mol. The summed E-state index contributed by atoms with van der Waals surface area (Å²) in [5, 5.41) is 9.60. The van der Waals surface area contributed by atoms with E-state index >= 15 is 0 Å². The fourth-order valence-corrected chi connectivity index (χ4v) is 1.86. The number of rotatable bonds is 7. The van der Waals surface area contributed by atoms with E-state index in [0.29, 0.717) is 25.3 Å². The Morgan fingerprint density at radius 2 is 2.22 bits per heavy atom. The molecule has 0 saturated heterocycles. The van der Waals surface area contributed by atoms with E-state index in [1.165, 1.54) is 6.07 Å². The summed E-state index contributed by atoms with van der Waals surface area (Å²) in [6.45, 7) is 1.63. The molecule has 1 rings (SSSR count). The highest BCUT2D eigenvalue weighted by Gasteiger charge is 2.09. The lowest BCUT2D eigenvalue weighted by molar-refractivity contribution is 0.0419. The van der Waals surface area contributed by atoms with Crippen molar-refractivity contribution in [2.24, 2.45) is 5.73 Å². The molecule has 1 unspecified atom stereocenters. The van der Waals surface area contributed by atoms with Crippen molar-refractivity contribution >= 4 is 0 Å². The van der Waals surface area contributed by atoms with Crippen molar-refractivity contribution in [1.29, 1.82) is 0 Å². The third-order valence-electron chi connectivity index (χ3n) is 2.66. The van der Waals surface area contributed by atoms with E-state index in [0.717, 1.165) is 5.56 Å². The third kappa shape index (κ3) is 4.70. The highest BCUT2D eigenvalue weighted by Crippen LogP contribution is 2.11. The maximum absolute atomic E-state index is 13.3. The van der Waals surface area contributed by atoms with Crippen LogP contribution in [-0.4, -0.2) is 43.4 Å². The van der Waals surface area contributed by atoms with Crippen LogP contribution in [0.25, 0.3) is 0 Å². The van der Waals surface area contributed by atoms with E-state index in [9.17, 15) is 9.50 Å². The van der Waals surface area contributed by atoms with E-state index in [-0.39, 0.29) is 12.4 Å². The first-order chi connectivity index (χ1) is 8.56. The van der Waals surface area contributed by atoms with Crippen molar-refractivity contribution in [3.8, 4) is 0 Å². The largest absolute Gasteiger partial charge is 0.389 e. The third-order valence-corrected chi connectivity index (χ3v) is 2.66. The van der Waals surface area contributed by atoms with Crippen molar-refractivity contribution in [3.05, 3.63) is 35.1 Å². The van der Waals surface area contributed by atoms with Gasteiger partial charge in [-0.05, 0) is 18.7 Å². The summed E-state index contributed by atoms with van der Waals surface area (Å²) in [5.74, 6) is -0.275. The van der Waals surface area contributed by atoms with Crippen LogP contribution in [0.3, 0.4) is 0 Å². The monoisotopic (exact) mass is 256 g/mol. The number of nitrogens with zero attached hydrogens (tertiary/aromatic N) is 1. The maximum Gasteiger partial charge on any atom is 0.127 e. The minimum Gasteiger partial charge on any atom is -0.389 e. The predicted molar refractivity (Wildman–Crippen MR) is 68.5 cm³/mol. The van der Waals surface area contributed by atoms with Gasteiger partial charge in [0.25, 0.3) is 0 Å². The smallest absolute Gasteiger partial charge is 0.127 e. The quantitative estimate of drug-likeness (QED) is 0.755. The molecule has 0 bridgehead atoms. The van der Waals surface area contributed by atoms with Gasteiger partial charge >= 0.3 is 0 Å². The average Bonchev–Trinajstić information content (AvgIpc) is 2.31. The molecule has 1 aromatic carbocycles. The molecule has 18 heavy (non-hydrogen) atoms. The minimum atomic E-state index is -0.519. The molecule has 3 N–H and O–H groups in total. The lowest BCUT2D eigenvalue weighted by Gasteiger charge is -2.20. The highest BCUT2D eigenvalue weighted by molar-refractivity contribution is 5.24. The van der Waals surface area contributed by atoms with Crippen molar-refractivity contribution in [3.63, 3.8) is 0 Å². The Bertz CT molecular complexity index is 374. The summed E-state index contributed by atoms with van der Waals surface area (Å²) in [6.07, 6.45) is -0.519. The Morgan fingerprint density at radius 3 is 2.83 bits per heavy atom. The molecule has 0 amide bonds. The molecule has 0 heterocycles. The first kappa shape index (κ1) is 15.0. The topological polar surface area (TPSA) is 58.7 Å². The zero-order chi connectivity index (χ0) is 13.5. The number of hydrogen-bond acceptors (Lipinski definition) is 4. The Morgan fingerprint density at radius 1 is 1.50 bits per heavy atom. The number of halogens is 1. The molecule has 1 atom stereocenters. The second-order valence-corrected chi connectivity index (χ2v) is 4.44. The number of hydrogen-bond donors (Lipinski definition) is 2.